The molecular formula is C13H21NO4S2. The fourth-order valence-corrected chi connectivity index (χ4v) is 5.87. The molecule has 0 bridgehead atoms. The summed E-state index contributed by atoms with van der Waals surface area (Å²) < 4.78 is 33.0. The molecule has 1 fully saturated rings. The maximum absolute atomic E-state index is 12.9. The molecule has 5 nitrogen and oxygen atoms in total. The van der Waals surface area contributed by atoms with Crippen LogP contribution in [0.15, 0.2) is 10.3 Å². The van der Waals surface area contributed by atoms with Crippen molar-refractivity contribution in [3.63, 3.8) is 0 Å². The van der Waals surface area contributed by atoms with Crippen molar-refractivity contribution in [2.24, 2.45) is 0 Å². The van der Waals surface area contributed by atoms with E-state index in [0.29, 0.717) is 30.0 Å². The largest absolute Gasteiger partial charge is 0.391 e. The highest BCUT2D eigenvalue weighted by atomic mass is 32.2. The smallest absolute Gasteiger partial charge is 0.244 e. The number of nitrogens with zero attached hydrogens (tertiary/aromatic N) is 1. The van der Waals surface area contributed by atoms with Gasteiger partial charge in [0.25, 0.3) is 0 Å². The predicted molar refractivity (Wildman–Crippen MR) is 78.4 cm³/mol. The zero-order chi connectivity index (χ0) is 14.9. The number of aliphatic hydroxyl groups is 1. The molecule has 2 heterocycles. The molecule has 20 heavy (non-hydrogen) atoms. The fraction of sp³-hybridized carbons (Fsp3) is 0.692. The standard InChI is InChI=1S/C13H21NO4S2/c1-4-11-7-18-10(3)5-14(11)20(16,17)13-9(2)8-19-12(13)6-15/h8,10-11,15H,4-7H2,1-3H3. The molecule has 0 aliphatic carbocycles. The van der Waals surface area contributed by atoms with Crippen LogP contribution in [0.4, 0.5) is 0 Å². The summed E-state index contributed by atoms with van der Waals surface area (Å²) in [6.45, 7) is 6.15. The SMILES string of the molecule is CCC1COC(C)CN1S(=O)(=O)c1c(C)csc1CO. The van der Waals surface area contributed by atoms with Crippen LogP contribution in [0.3, 0.4) is 0 Å². The monoisotopic (exact) mass is 319 g/mol. The molecule has 1 aliphatic heterocycles. The fourth-order valence-electron chi connectivity index (χ4n) is 2.49. The van der Waals surface area contributed by atoms with Gasteiger partial charge in [-0.1, -0.05) is 6.92 Å². The molecule has 0 amide bonds. The molecule has 0 aromatic carbocycles. The van der Waals surface area contributed by atoms with Crippen LogP contribution >= 0.6 is 11.3 Å². The Kier molecular flexibility index (Phi) is 4.86. The number of morpholine rings is 1. The average Bonchev–Trinajstić information content (AvgIpc) is 2.80. The number of ether oxygens (including phenoxy) is 1. The van der Waals surface area contributed by atoms with E-state index in [1.807, 2.05) is 13.8 Å². The number of hydrogen-bond donors (Lipinski definition) is 1. The van der Waals surface area contributed by atoms with Crippen LogP contribution in [0, 0.1) is 6.92 Å². The zero-order valence-electron chi connectivity index (χ0n) is 12.0. The highest BCUT2D eigenvalue weighted by Gasteiger charge is 2.37. The Labute approximate surface area is 124 Å². The van der Waals surface area contributed by atoms with E-state index >= 15 is 0 Å². The third-order valence-electron chi connectivity index (χ3n) is 3.59. The van der Waals surface area contributed by atoms with E-state index < -0.39 is 10.0 Å². The van der Waals surface area contributed by atoms with Crippen molar-refractivity contribution in [2.45, 2.75) is 50.8 Å². The van der Waals surface area contributed by atoms with Crippen LogP contribution in [-0.2, 0) is 21.4 Å². The van der Waals surface area contributed by atoms with Crippen molar-refractivity contribution < 1.29 is 18.3 Å². The second-order valence-electron chi connectivity index (χ2n) is 5.11. The number of aliphatic hydroxyl groups excluding tert-OH is 1. The Morgan fingerprint density at radius 3 is 2.85 bits per heavy atom. The second kappa shape index (κ2) is 6.11. The van der Waals surface area contributed by atoms with E-state index in [9.17, 15) is 13.5 Å². The van der Waals surface area contributed by atoms with E-state index in [4.69, 9.17) is 4.74 Å². The number of aryl methyl sites for hydroxylation is 1. The molecule has 1 saturated heterocycles. The second-order valence-corrected chi connectivity index (χ2v) is 7.90. The Balaban J connectivity index is 2.44. The molecule has 0 spiro atoms. The first-order valence-electron chi connectivity index (χ1n) is 6.73. The summed E-state index contributed by atoms with van der Waals surface area (Å²) in [5, 5.41) is 11.2. The van der Waals surface area contributed by atoms with Crippen molar-refractivity contribution in [1.29, 1.82) is 0 Å². The van der Waals surface area contributed by atoms with Gasteiger partial charge < -0.3 is 9.84 Å². The Morgan fingerprint density at radius 1 is 1.55 bits per heavy atom. The van der Waals surface area contributed by atoms with Crippen LogP contribution in [0.2, 0.25) is 0 Å². The minimum atomic E-state index is -3.58. The number of thiophene rings is 1. The topological polar surface area (TPSA) is 66.8 Å². The molecule has 114 valence electrons. The number of hydrogen-bond acceptors (Lipinski definition) is 5. The molecule has 2 unspecified atom stereocenters. The molecule has 0 saturated carbocycles. The molecule has 1 aromatic rings. The van der Waals surface area contributed by atoms with Gasteiger partial charge in [0.1, 0.15) is 4.90 Å². The normalized spacial score (nSPS) is 25.0. The van der Waals surface area contributed by atoms with Gasteiger partial charge in [-0.25, -0.2) is 8.42 Å². The summed E-state index contributed by atoms with van der Waals surface area (Å²) in [5.41, 5.74) is 0.702. The van der Waals surface area contributed by atoms with Crippen molar-refractivity contribution in [2.75, 3.05) is 13.2 Å². The average molecular weight is 319 g/mol. The summed E-state index contributed by atoms with van der Waals surface area (Å²) in [6.07, 6.45) is 0.605. The van der Waals surface area contributed by atoms with E-state index in [2.05, 4.69) is 0 Å². The van der Waals surface area contributed by atoms with Gasteiger partial charge in [-0.05, 0) is 31.2 Å². The van der Waals surface area contributed by atoms with Crippen LogP contribution in [0.1, 0.15) is 30.7 Å². The van der Waals surface area contributed by atoms with Crippen LogP contribution < -0.4 is 0 Å². The summed E-state index contributed by atoms with van der Waals surface area (Å²) in [6, 6.07) is -0.137. The van der Waals surface area contributed by atoms with Gasteiger partial charge in [0.05, 0.1) is 24.2 Å². The Hall–Kier alpha value is -0.470. The maximum atomic E-state index is 12.9. The van der Waals surface area contributed by atoms with Crippen molar-refractivity contribution in [3.05, 3.63) is 15.8 Å². The van der Waals surface area contributed by atoms with E-state index in [1.165, 1.54) is 15.6 Å². The molecular weight excluding hydrogens is 298 g/mol. The Bertz CT molecular complexity index is 567. The van der Waals surface area contributed by atoms with Crippen molar-refractivity contribution in [1.82, 2.24) is 4.31 Å². The van der Waals surface area contributed by atoms with Crippen molar-refractivity contribution in [3.8, 4) is 0 Å². The molecule has 1 aromatic heterocycles. The summed E-state index contributed by atoms with van der Waals surface area (Å²) in [4.78, 5) is 0.786. The zero-order valence-corrected chi connectivity index (χ0v) is 13.6. The van der Waals surface area contributed by atoms with Crippen LogP contribution in [0.5, 0.6) is 0 Å². The maximum Gasteiger partial charge on any atom is 0.244 e. The van der Waals surface area contributed by atoms with Gasteiger partial charge in [0.2, 0.25) is 10.0 Å². The van der Waals surface area contributed by atoms with E-state index in [-0.39, 0.29) is 23.6 Å². The molecule has 2 atom stereocenters. The third kappa shape index (κ3) is 2.78. The van der Waals surface area contributed by atoms with Crippen LogP contribution in [-0.4, -0.2) is 43.1 Å². The van der Waals surface area contributed by atoms with Crippen molar-refractivity contribution >= 4 is 21.4 Å². The third-order valence-corrected chi connectivity index (χ3v) is 6.96. The highest BCUT2D eigenvalue weighted by Crippen LogP contribution is 2.32. The predicted octanol–water partition coefficient (Wildman–Crippen LogP) is 1.74. The molecule has 2 rings (SSSR count). The summed E-state index contributed by atoms with van der Waals surface area (Å²) in [5.74, 6) is 0. The van der Waals surface area contributed by atoms with Gasteiger partial charge in [0.15, 0.2) is 0 Å². The minimum absolute atomic E-state index is 0.107. The summed E-state index contributed by atoms with van der Waals surface area (Å²) in [7, 11) is -3.58. The van der Waals surface area contributed by atoms with Gasteiger partial charge in [-0.2, -0.15) is 4.31 Å². The first kappa shape index (κ1) is 15.9. The lowest BCUT2D eigenvalue weighted by atomic mass is 10.2. The Morgan fingerprint density at radius 2 is 2.25 bits per heavy atom. The minimum Gasteiger partial charge on any atom is -0.391 e. The molecule has 1 N–H and O–H groups in total. The lowest BCUT2D eigenvalue weighted by molar-refractivity contribution is -0.0230. The summed E-state index contributed by atoms with van der Waals surface area (Å²) >= 11 is 1.29. The number of rotatable bonds is 4. The van der Waals surface area contributed by atoms with E-state index in [1.54, 1.807) is 12.3 Å². The van der Waals surface area contributed by atoms with Gasteiger partial charge in [-0.15, -0.1) is 11.3 Å². The van der Waals surface area contributed by atoms with Gasteiger partial charge in [0, 0.05) is 12.6 Å². The van der Waals surface area contributed by atoms with Crippen LogP contribution in [0.25, 0.3) is 0 Å². The van der Waals surface area contributed by atoms with Gasteiger partial charge >= 0.3 is 0 Å². The molecule has 1 aliphatic rings. The molecule has 0 radical (unpaired) electrons. The first-order valence-corrected chi connectivity index (χ1v) is 9.05. The number of sulfonamides is 1. The molecule has 7 heteroatoms. The lowest BCUT2D eigenvalue weighted by Gasteiger charge is -2.37. The van der Waals surface area contributed by atoms with E-state index in [0.717, 1.165) is 0 Å². The van der Waals surface area contributed by atoms with Gasteiger partial charge in [-0.3, -0.25) is 0 Å². The first-order chi connectivity index (χ1) is 9.41. The lowest BCUT2D eigenvalue weighted by Crippen LogP contribution is -2.51. The highest BCUT2D eigenvalue weighted by molar-refractivity contribution is 7.89. The quantitative estimate of drug-likeness (QED) is 0.918.